The summed E-state index contributed by atoms with van der Waals surface area (Å²) in [6, 6.07) is 7.54. The number of anilines is 1. The van der Waals surface area contributed by atoms with Gasteiger partial charge in [0.1, 0.15) is 0 Å². The third-order valence-electron chi connectivity index (χ3n) is 3.27. The summed E-state index contributed by atoms with van der Waals surface area (Å²) in [6.07, 6.45) is 3.17. The first-order valence-electron chi connectivity index (χ1n) is 7.05. The maximum Gasteiger partial charge on any atom is 0.227 e. The number of amides is 2. The smallest absolute Gasteiger partial charge is 0.227 e. The summed E-state index contributed by atoms with van der Waals surface area (Å²) < 4.78 is 0. The molecule has 0 unspecified atom stereocenters. The standard InChI is InChI=1S/C15H21N3O2/c16-9-1-2-14(19)17-10-11-3-7-13(8-4-11)18-15(20)12-5-6-12/h3-4,7-8,12H,1-2,5-6,9-10,16H2,(H,17,19)(H,18,20). The van der Waals surface area contributed by atoms with Gasteiger partial charge in [0.05, 0.1) is 0 Å². The predicted molar refractivity (Wildman–Crippen MR) is 77.9 cm³/mol. The van der Waals surface area contributed by atoms with Gasteiger partial charge in [-0.1, -0.05) is 12.1 Å². The van der Waals surface area contributed by atoms with Crippen molar-refractivity contribution in [1.82, 2.24) is 5.32 Å². The molecule has 0 aliphatic heterocycles. The molecule has 0 saturated heterocycles. The number of rotatable bonds is 7. The zero-order valence-corrected chi connectivity index (χ0v) is 11.5. The van der Waals surface area contributed by atoms with Crippen molar-refractivity contribution in [2.75, 3.05) is 11.9 Å². The van der Waals surface area contributed by atoms with Crippen LogP contribution in [0.1, 0.15) is 31.2 Å². The van der Waals surface area contributed by atoms with Crippen LogP contribution in [0.3, 0.4) is 0 Å². The van der Waals surface area contributed by atoms with Gasteiger partial charge in [-0.25, -0.2) is 0 Å². The minimum Gasteiger partial charge on any atom is -0.352 e. The fraction of sp³-hybridized carbons (Fsp3) is 0.467. The molecule has 1 aliphatic rings. The van der Waals surface area contributed by atoms with E-state index in [0.717, 1.165) is 24.1 Å². The minimum atomic E-state index is 0.0153. The van der Waals surface area contributed by atoms with Gasteiger partial charge in [-0.05, 0) is 43.5 Å². The van der Waals surface area contributed by atoms with Crippen LogP contribution in [0.2, 0.25) is 0 Å². The van der Waals surface area contributed by atoms with Gasteiger partial charge in [-0.3, -0.25) is 9.59 Å². The van der Waals surface area contributed by atoms with Crippen LogP contribution in [-0.4, -0.2) is 18.4 Å². The maximum absolute atomic E-state index is 11.6. The van der Waals surface area contributed by atoms with Crippen LogP contribution in [0.4, 0.5) is 5.69 Å². The average Bonchev–Trinajstić information content (AvgIpc) is 3.29. The molecule has 0 aromatic heterocycles. The van der Waals surface area contributed by atoms with E-state index in [-0.39, 0.29) is 17.7 Å². The van der Waals surface area contributed by atoms with Crippen molar-refractivity contribution >= 4 is 17.5 Å². The van der Waals surface area contributed by atoms with Gasteiger partial charge in [0.15, 0.2) is 0 Å². The van der Waals surface area contributed by atoms with Gasteiger partial charge in [-0.15, -0.1) is 0 Å². The van der Waals surface area contributed by atoms with Crippen molar-refractivity contribution in [3.63, 3.8) is 0 Å². The Bertz CT molecular complexity index is 467. The second-order valence-electron chi connectivity index (χ2n) is 5.13. The lowest BCUT2D eigenvalue weighted by Crippen LogP contribution is -2.23. The molecule has 4 N–H and O–H groups in total. The number of hydrogen-bond acceptors (Lipinski definition) is 3. The van der Waals surface area contributed by atoms with E-state index in [4.69, 9.17) is 5.73 Å². The van der Waals surface area contributed by atoms with E-state index in [1.165, 1.54) is 0 Å². The molecule has 1 fully saturated rings. The number of carbonyl (C=O) groups excluding carboxylic acids is 2. The highest BCUT2D eigenvalue weighted by Gasteiger charge is 2.29. The van der Waals surface area contributed by atoms with Crippen LogP contribution in [0.15, 0.2) is 24.3 Å². The lowest BCUT2D eigenvalue weighted by atomic mass is 10.2. The summed E-state index contributed by atoms with van der Waals surface area (Å²) in [5.41, 5.74) is 7.17. The van der Waals surface area contributed by atoms with Gasteiger partial charge in [0.2, 0.25) is 11.8 Å². The lowest BCUT2D eigenvalue weighted by molar-refractivity contribution is -0.121. The fourth-order valence-electron chi connectivity index (χ4n) is 1.85. The van der Waals surface area contributed by atoms with E-state index < -0.39 is 0 Å². The van der Waals surface area contributed by atoms with Gasteiger partial charge >= 0.3 is 0 Å². The molecule has 0 bridgehead atoms. The molecule has 0 atom stereocenters. The van der Waals surface area contributed by atoms with Crippen molar-refractivity contribution in [2.24, 2.45) is 11.7 Å². The second kappa shape index (κ2) is 7.05. The van der Waals surface area contributed by atoms with E-state index >= 15 is 0 Å². The molecule has 1 aromatic carbocycles. The number of nitrogens with two attached hydrogens (primary N) is 1. The summed E-state index contributed by atoms with van der Waals surface area (Å²) in [7, 11) is 0. The van der Waals surface area contributed by atoms with Crippen LogP contribution in [-0.2, 0) is 16.1 Å². The van der Waals surface area contributed by atoms with E-state index in [0.29, 0.717) is 25.9 Å². The molecule has 1 saturated carbocycles. The highest BCUT2D eigenvalue weighted by molar-refractivity contribution is 5.94. The van der Waals surface area contributed by atoms with Crippen molar-refractivity contribution in [1.29, 1.82) is 0 Å². The Balaban J connectivity index is 1.76. The molecule has 0 radical (unpaired) electrons. The Morgan fingerprint density at radius 1 is 1.20 bits per heavy atom. The number of benzene rings is 1. The molecule has 2 rings (SSSR count). The maximum atomic E-state index is 11.6. The number of carbonyl (C=O) groups is 2. The Morgan fingerprint density at radius 2 is 1.90 bits per heavy atom. The molecular weight excluding hydrogens is 254 g/mol. The van der Waals surface area contributed by atoms with Gasteiger partial charge in [0.25, 0.3) is 0 Å². The number of nitrogens with one attached hydrogen (secondary N) is 2. The average molecular weight is 275 g/mol. The van der Waals surface area contributed by atoms with Gasteiger partial charge in [0, 0.05) is 24.6 Å². The summed E-state index contributed by atoms with van der Waals surface area (Å²) in [5.74, 6) is 0.325. The highest BCUT2D eigenvalue weighted by Crippen LogP contribution is 2.30. The predicted octanol–water partition coefficient (Wildman–Crippen LogP) is 1.39. The van der Waals surface area contributed by atoms with E-state index in [1.807, 2.05) is 24.3 Å². The molecule has 0 heterocycles. The molecule has 5 nitrogen and oxygen atoms in total. The van der Waals surface area contributed by atoms with E-state index in [2.05, 4.69) is 10.6 Å². The lowest BCUT2D eigenvalue weighted by Gasteiger charge is -2.07. The molecule has 5 heteroatoms. The van der Waals surface area contributed by atoms with Crippen LogP contribution < -0.4 is 16.4 Å². The van der Waals surface area contributed by atoms with E-state index in [9.17, 15) is 9.59 Å². The summed E-state index contributed by atoms with van der Waals surface area (Å²) in [4.78, 5) is 23.0. The molecule has 0 spiro atoms. The summed E-state index contributed by atoms with van der Waals surface area (Å²) >= 11 is 0. The second-order valence-corrected chi connectivity index (χ2v) is 5.13. The summed E-state index contributed by atoms with van der Waals surface area (Å²) in [5, 5.41) is 5.72. The van der Waals surface area contributed by atoms with Gasteiger partial charge in [-0.2, -0.15) is 0 Å². The zero-order valence-electron chi connectivity index (χ0n) is 11.5. The third-order valence-corrected chi connectivity index (χ3v) is 3.27. The quantitative estimate of drug-likeness (QED) is 0.703. The molecule has 1 aromatic rings. The first kappa shape index (κ1) is 14.5. The van der Waals surface area contributed by atoms with E-state index in [1.54, 1.807) is 0 Å². The van der Waals surface area contributed by atoms with Crippen molar-refractivity contribution in [2.45, 2.75) is 32.2 Å². The Hall–Kier alpha value is -1.88. The van der Waals surface area contributed by atoms with Crippen molar-refractivity contribution in [3.05, 3.63) is 29.8 Å². The SMILES string of the molecule is NCCCC(=O)NCc1ccc(NC(=O)C2CC2)cc1. The van der Waals surface area contributed by atoms with Crippen LogP contribution in [0.5, 0.6) is 0 Å². The Morgan fingerprint density at radius 3 is 2.50 bits per heavy atom. The Kier molecular flexibility index (Phi) is 5.12. The zero-order chi connectivity index (χ0) is 14.4. The highest BCUT2D eigenvalue weighted by atomic mass is 16.2. The number of hydrogen-bond donors (Lipinski definition) is 3. The van der Waals surface area contributed by atoms with Crippen molar-refractivity contribution < 1.29 is 9.59 Å². The van der Waals surface area contributed by atoms with Crippen LogP contribution >= 0.6 is 0 Å². The molecule has 2 amide bonds. The fourth-order valence-corrected chi connectivity index (χ4v) is 1.85. The van der Waals surface area contributed by atoms with Gasteiger partial charge < -0.3 is 16.4 Å². The monoisotopic (exact) mass is 275 g/mol. The molecule has 1 aliphatic carbocycles. The first-order valence-corrected chi connectivity index (χ1v) is 7.05. The summed E-state index contributed by atoms with van der Waals surface area (Å²) in [6.45, 7) is 1.03. The molecule has 108 valence electrons. The third kappa shape index (κ3) is 4.66. The molecular formula is C15H21N3O2. The Labute approximate surface area is 118 Å². The van der Waals surface area contributed by atoms with Crippen LogP contribution in [0.25, 0.3) is 0 Å². The first-order chi connectivity index (χ1) is 9.69. The normalized spacial score (nSPS) is 13.8. The van der Waals surface area contributed by atoms with Crippen LogP contribution in [0, 0.1) is 5.92 Å². The largest absolute Gasteiger partial charge is 0.352 e. The molecule has 20 heavy (non-hydrogen) atoms. The minimum absolute atomic E-state index is 0.0153. The van der Waals surface area contributed by atoms with Crippen molar-refractivity contribution in [3.8, 4) is 0 Å². The topological polar surface area (TPSA) is 84.2 Å².